The highest BCUT2D eigenvalue weighted by Gasteiger charge is 2.26. The number of benzene rings is 1. The van der Waals surface area contributed by atoms with Gasteiger partial charge in [0.05, 0.1) is 9.92 Å². The summed E-state index contributed by atoms with van der Waals surface area (Å²) in [5.74, 6) is 0.326. The molecule has 4 nitrogen and oxygen atoms in total. The highest BCUT2D eigenvalue weighted by atomic mass is 79.9. The molecule has 8 heteroatoms. The molecule has 0 radical (unpaired) electrons. The van der Waals surface area contributed by atoms with Crippen molar-refractivity contribution in [2.24, 2.45) is 5.92 Å². The van der Waals surface area contributed by atoms with Crippen LogP contribution in [0.2, 0.25) is 5.02 Å². The summed E-state index contributed by atoms with van der Waals surface area (Å²) in [4.78, 5) is 0.224. The summed E-state index contributed by atoms with van der Waals surface area (Å²) >= 11 is 9.11. The Morgan fingerprint density at radius 1 is 1.45 bits per heavy atom. The van der Waals surface area contributed by atoms with Gasteiger partial charge in [0.15, 0.2) is 0 Å². The Morgan fingerprint density at radius 2 is 2.15 bits per heavy atom. The lowest BCUT2D eigenvalue weighted by Crippen LogP contribution is -2.50. The molecular weight excluding hydrogens is 387 g/mol. The number of hydrogen-bond donors (Lipinski definition) is 2. The van der Waals surface area contributed by atoms with Gasteiger partial charge >= 0.3 is 0 Å². The van der Waals surface area contributed by atoms with E-state index in [-0.39, 0.29) is 23.3 Å². The van der Waals surface area contributed by atoms with Gasteiger partial charge in [-0.25, -0.2) is 13.1 Å². The molecule has 0 aromatic heterocycles. The molecule has 1 saturated heterocycles. The van der Waals surface area contributed by atoms with Gasteiger partial charge in [-0.2, -0.15) is 0 Å². The standard InChI is InChI=1S/C12H16BrClN2O2S.ClH/c1-8-4-5-15-7-12(8)16-19(17,18)9-2-3-11(14)10(13)6-9;/h2-3,6,8,12,15-16H,4-5,7H2,1H3;1H. The van der Waals surface area contributed by atoms with Gasteiger partial charge in [-0.3, -0.25) is 0 Å². The molecular formula is C12H17BrCl2N2O2S. The zero-order chi connectivity index (χ0) is 14.0. The molecule has 1 aromatic carbocycles. The summed E-state index contributed by atoms with van der Waals surface area (Å²) in [5, 5.41) is 3.69. The first-order valence-electron chi connectivity index (χ1n) is 6.08. The quantitative estimate of drug-likeness (QED) is 0.815. The Labute approximate surface area is 139 Å². The van der Waals surface area contributed by atoms with Crippen molar-refractivity contribution in [3.63, 3.8) is 0 Å². The molecule has 0 spiro atoms. The Morgan fingerprint density at radius 3 is 2.75 bits per heavy atom. The summed E-state index contributed by atoms with van der Waals surface area (Å²) in [6.07, 6.45) is 0.970. The maximum absolute atomic E-state index is 12.3. The number of piperidine rings is 1. The third kappa shape index (κ3) is 4.32. The fourth-order valence-corrected chi connectivity index (χ4v) is 4.08. The molecule has 2 atom stereocenters. The highest BCUT2D eigenvalue weighted by Crippen LogP contribution is 2.25. The Kier molecular flexibility index (Phi) is 6.76. The number of rotatable bonds is 3. The van der Waals surface area contributed by atoms with Crippen molar-refractivity contribution in [1.29, 1.82) is 0 Å². The monoisotopic (exact) mass is 402 g/mol. The van der Waals surface area contributed by atoms with Gasteiger partial charge in [-0.05, 0) is 53.0 Å². The summed E-state index contributed by atoms with van der Waals surface area (Å²) < 4.78 is 27.9. The SMILES string of the molecule is CC1CCNCC1NS(=O)(=O)c1ccc(Cl)c(Br)c1.Cl. The van der Waals surface area contributed by atoms with E-state index < -0.39 is 10.0 Å². The first kappa shape index (κ1) is 18.2. The van der Waals surface area contributed by atoms with Crippen LogP contribution in [0, 0.1) is 5.92 Å². The minimum atomic E-state index is -3.51. The van der Waals surface area contributed by atoms with Crippen LogP contribution in [-0.2, 0) is 10.0 Å². The number of nitrogens with one attached hydrogen (secondary N) is 2. The van der Waals surface area contributed by atoms with Crippen LogP contribution in [0.4, 0.5) is 0 Å². The summed E-state index contributed by atoms with van der Waals surface area (Å²) in [7, 11) is -3.51. The van der Waals surface area contributed by atoms with E-state index in [0.717, 1.165) is 13.0 Å². The zero-order valence-corrected chi connectivity index (χ0v) is 14.9. The fourth-order valence-electron chi connectivity index (χ4n) is 2.06. The van der Waals surface area contributed by atoms with E-state index in [1.807, 2.05) is 0 Å². The molecule has 0 amide bonds. The maximum atomic E-state index is 12.3. The van der Waals surface area contributed by atoms with E-state index in [0.29, 0.717) is 22.0 Å². The molecule has 114 valence electrons. The molecule has 0 bridgehead atoms. The van der Waals surface area contributed by atoms with Gasteiger partial charge in [-0.15, -0.1) is 12.4 Å². The van der Waals surface area contributed by atoms with Gasteiger partial charge in [0, 0.05) is 17.1 Å². The molecule has 2 unspecified atom stereocenters. The van der Waals surface area contributed by atoms with Gasteiger partial charge in [0.2, 0.25) is 10.0 Å². The molecule has 2 N–H and O–H groups in total. The minimum absolute atomic E-state index is 0. The van der Waals surface area contributed by atoms with Crippen molar-refractivity contribution < 1.29 is 8.42 Å². The van der Waals surface area contributed by atoms with E-state index in [2.05, 4.69) is 32.9 Å². The second-order valence-electron chi connectivity index (χ2n) is 4.77. The van der Waals surface area contributed by atoms with Crippen LogP contribution in [0.15, 0.2) is 27.6 Å². The molecule has 2 rings (SSSR count). The molecule has 1 fully saturated rings. The number of halogens is 3. The predicted molar refractivity (Wildman–Crippen MR) is 87.2 cm³/mol. The third-order valence-electron chi connectivity index (χ3n) is 3.34. The molecule has 1 aromatic rings. The molecule has 20 heavy (non-hydrogen) atoms. The van der Waals surface area contributed by atoms with Crippen LogP contribution in [0.1, 0.15) is 13.3 Å². The van der Waals surface area contributed by atoms with Crippen molar-refractivity contribution in [3.05, 3.63) is 27.7 Å². The van der Waals surface area contributed by atoms with Crippen LogP contribution in [-0.4, -0.2) is 27.5 Å². The lowest BCUT2D eigenvalue weighted by molar-refractivity contribution is 0.327. The van der Waals surface area contributed by atoms with E-state index in [1.54, 1.807) is 6.07 Å². The highest BCUT2D eigenvalue weighted by molar-refractivity contribution is 9.10. The van der Waals surface area contributed by atoms with E-state index in [4.69, 9.17) is 11.6 Å². The summed E-state index contributed by atoms with van der Waals surface area (Å²) in [5.41, 5.74) is 0. The van der Waals surface area contributed by atoms with Crippen molar-refractivity contribution in [1.82, 2.24) is 10.0 Å². The van der Waals surface area contributed by atoms with Crippen molar-refractivity contribution in [2.75, 3.05) is 13.1 Å². The topological polar surface area (TPSA) is 58.2 Å². The second kappa shape index (κ2) is 7.42. The Hall–Kier alpha value is 0.150. The summed E-state index contributed by atoms with van der Waals surface area (Å²) in [6.45, 7) is 3.66. The fraction of sp³-hybridized carbons (Fsp3) is 0.500. The smallest absolute Gasteiger partial charge is 0.240 e. The third-order valence-corrected chi connectivity index (χ3v) is 6.04. The average Bonchev–Trinajstić information content (AvgIpc) is 2.35. The Bertz CT molecular complexity index is 569. The molecule has 1 aliphatic rings. The van der Waals surface area contributed by atoms with Crippen LogP contribution >= 0.6 is 39.9 Å². The van der Waals surface area contributed by atoms with Crippen LogP contribution in [0.3, 0.4) is 0 Å². The van der Waals surface area contributed by atoms with Gasteiger partial charge < -0.3 is 5.32 Å². The predicted octanol–water partition coefficient (Wildman–Crippen LogP) is 2.80. The Balaban J connectivity index is 0.00000200. The van der Waals surface area contributed by atoms with E-state index >= 15 is 0 Å². The first-order chi connectivity index (χ1) is 8.90. The molecule has 0 aliphatic carbocycles. The van der Waals surface area contributed by atoms with Gasteiger partial charge in [0.25, 0.3) is 0 Å². The van der Waals surface area contributed by atoms with Gasteiger partial charge in [-0.1, -0.05) is 18.5 Å². The van der Waals surface area contributed by atoms with Gasteiger partial charge in [0.1, 0.15) is 0 Å². The van der Waals surface area contributed by atoms with E-state index in [9.17, 15) is 8.42 Å². The zero-order valence-electron chi connectivity index (χ0n) is 10.9. The normalized spacial score (nSPS) is 23.1. The average molecular weight is 404 g/mol. The van der Waals surface area contributed by atoms with Crippen LogP contribution in [0.25, 0.3) is 0 Å². The first-order valence-corrected chi connectivity index (χ1v) is 8.73. The lowest BCUT2D eigenvalue weighted by atomic mass is 9.96. The number of sulfonamides is 1. The minimum Gasteiger partial charge on any atom is -0.315 e. The summed E-state index contributed by atoms with van der Waals surface area (Å²) in [6, 6.07) is 4.53. The second-order valence-corrected chi connectivity index (χ2v) is 7.75. The number of hydrogen-bond acceptors (Lipinski definition) is 3. The van der Waals surface area contributed by atoms with Crippen molar-refractivity contribution in [3.8, 4) is 0 Å². The largest absolute Gasteiger partial charge is 0.315 e. The molecule has 0 saturated carbocycles. The lowest BCUT2D eigenvalue weighted by Gasteiger charge is -2.30. The van der Waals surface area contributed by atoms with Crippen LogP contribution in [0.5, 0.6) is 0 Å². The van der Waals surface area contributed by atoms with Crippen molar-refractivity contribution >= 4 is 50.0 Å². The van der Waals surface area contributed by atoms with E-state index in [1.165, 1.54) is 12.1 Å². The molecule has 1 heterocycles. The van der Waals surface area contributed by atoms with Crippen LogP contribution < -0.4 is 10.0 Å². The van der Waals surface area contributed by atoms with Crippen molar-refractivity contribution in [2.45, 2.75) is 24.3 Å². The molecule has 1 aliphatic heterocycles. The maximum Gasteiger partial charge on any atom is 0.240 e.